The van der Waals surface area contributed by atoms with Crippen LogP contribution in [0.3, 0.4) is 0 Å². The Morgan fingerprint density at radius 2 is 2.43 bits per heavy atom. The molecule has 0 spiro atoms. The van der Waals surface area contributed by atoms with Gasteiger partial charge in [0, 0.05) is 12.5 Å². The first-order valence-electron chi connectivity index (χ1n) is 5.23. The second-order valence-electron chi connectivity index (χ2n) is 4.67. The highest BCUT2D eigenvalue weighted by atomic mass is 15.3. The molecular weight excluding hydrogens is 176 g/mol. The zero-order valence-electron chi connectivity index (χ0n) is 9.12. The van der Waals surface area contributed by atoms with Crippen LogP contribution in [0.1, 0.15) is 38.9 Å². The zero-order chi connectivity index (χ0) is 10.2. The third-order valence-electron chi connectivity index (χ3n) is 3.44. The van der Waals surface area contributed by atoms with E-state index < -0.39 is 0 Å². The molecule has 1 aliphatic heterocycles. The first-order valence-corrected chi connectivity index (χ1v) is 5.23. The standard InChI is InChI=1S/C10H18N4/c1-4-10(2,3)8-5-11-6-14-7-12-13-9(8)14/h7-8,11H,4-6H2,1-3H3. The number of hydrogen-bond donors (Lipinski definition) is 1. The molecule has 0 aromatic carbocycles. The van der Waals surface area contributed by atoms with Gasteiger partial charge in [0.15, 0.2) is 0 Å². The molecule has 0 fully saturated rings. The fourth-order valence-electron chi connectivity index (χ4n) is 1.95. The Kier molecular flexibility index (Phi) is 2.31. The molecule has 14 heavy (non-hydrogen) atoms. The van der Waals surface area contributed by atoms with Gasteiger partial charge in [0.1, 0.15) is 12.2 Å². The van der Waals surface area contributed by atoms with Gasteiger partial charge in [-0.3, -0.25) is 5.32 Å². The van der Waals surface area contributed by atoms with Crippen molar-refractivity contribution in [2.24, 2.45) is 5.41 Å². The summed E-state index contributed by atoms with van der Waals surface area (Å²) < 4.78 is 2.10. The Morgan fingerprint density at radius 3 is 3.14 bits per heavy atom. The van der Waals surface area contributed by atoms with Crippen molar-refractivity contribution in [2.75, 3.05) is 6.54 Å². The molecule has 1 atom stereocenters. The monoisotopic (exact) mass is 194 g/mol. The number of rotatable bonds is 2. The van der Waals surface area contributed by atoms with Gasteiger partial charge in [0.2, 0.25) is 0 Å². The second-order valence-corrected chi connectivity index (χ2v) is 4.67. The average Bonchev–Trinajstić information content (AvgIpc) is 2.64. The normalized spacial score (nSPS) is 22.1. The summed E-state index contributed by atoms with van der Waals surface area (Å²) >= 11 is 0. The van der Waals surface area contributed by atoms with Crippen molar-refractivity contribution in [3.05, 3.63) is 12.2 Å². The van der Waals surface area contributed by atoms with Crippen LogP contribution < -0.4 is 5.32 Å². The van der Waals surface area contributed by atoms with Crippen LogP contribution in [-0.2, 0) is 6.67 Å². The van der Waals surface area contributed by atoms with Gasteiger partial charge in [-0.25, -0.2) is 0 Å². The maximum atomic E-state index is 4.23. The van der Waals surface area contributed by atoms with E-state index in [1.54, 1.807) is 6.33 Å². The van der Waals surface area contributed by atoms with Crippen LogP contribution in [0.5, 0.6) is 0 Å². The van der Waals surface area contributed by atoms with Crippen LogP contribution in [0.25, 0.3) is 0 Å². The highest BCUT2D eigenvalue weighted by Gasteiger charge is 2.34. The van der Waals surface area contributed by atoms with Gasteiger partial charge in [0.05, 0.1) is 6.67 Å². The molecule has 0 saturated heterocycles. The summed E-state index contributed by atoms with van der Waals surface area (Å²) in [5, 5.41) is 11.6. The fourth-order valence-corrected chi connectivity index (χ4v) is 1.95. The van der Waals surface area contributed by atoms with E-state index >= 15 is 0 Å². The number of aromatic nitrogens is 3. The van der Waals surface area contributed by atoms with Crippen molar-refractivity contribution in [3.8, 4) is 0 Å². The largest absolute Gasteiger partial charge is 0.304 e. The summed E-state index contributed by atoms with van der Waals surface area (Å²) in [5.41, 5.74) is 0.290. The Balaban J connectivity index is 2.32. The topological polar surface area (TPSA) is 42.7 Å². The lowest BCUT2D eigenvalue weighted by atomic mass is 9.75. The molecule has 1 aliphatic rings. The van der Waals surface area contributed by atoms with E-state index in [1.807, 2.05) is 0 Å². The van der Waals surface area contributed by atoms with Gasteiger partial charge in [-0.05, 0) is 5.41 Å². The van der Waals surface area contributed by atoms with E-state index in [0.29, 0.717) is 5.92 Å². The zero-order valence-corrected chi connectivity index (χ0v) is 9.12. The summed E-state index contributed by atoms with van der Waals surface area (Å²) in [6.07, 6.45) is 2.96. The molecule has 0 bridgehead atoms. The van der Waals surface area contributed by atoms with Crippen LogP contribution in [0.4, 0.5) is 0 Å². The van der Waals surface area contributed by atoms with E-state index in [9.17, 15) is 0 Å². The predicted molar refractivity (Wildman–Crippen MR) is 54.8 cm³/mol. The molecule has 0 aliphatic carbocycles. The first-order chi connectivity index (χ1) is 6.65. The minimum atomic E-state index is 0.290. The van der Waals surface area contributed by atoms with Crippen LogP contribution in [0.2, 0.25) is 0 Å². The van der Waals surface area contributed by atoms with Gasteiger partial charge >= 0.3 is 0 Å². The van der Waals surface area contributed by atoms with Crippen molar-refractivity contribution < 1.29 is 0 Å². The van der Waals surface area contributed by atoms with Gasteiger partial charge in [-0.2, -0.15) is 0 Å². The third kappa shape index (κ3) is 1.43. The molecule has 0 radical (unpaired) electrons. The molecule has 0 amide bonds. The summed E-state index contributed by atoms with van der Waals surface area (Å²) in [4.78, 5) is 0. The smallest absolute Gasteiger partial charge is 0.138 e. The quantitative estimate of drug-likeness (QED) is 0.773. The molecule has 4 nitrogen and oxygen atoms in total. The number of hydrogen-bond acceptors (Lipinski definition) is 3. The Bertz CT molecular complexity index is 316. The number of fused-ring (bicyclic) bond motifs is 1. The van der Waals surface area contributed by atoms with Crippen molar-refractivity contribution in [3.63, 3.8) is 0 Å². The summed E-state index contributed by atoms with van der Waals surface area (Å²) in [7, 11) is 0. The van der Waals surface area contributed by atoms with Crippen molar-refractivity contribution >= 4 is 0 Å². The molecule has 1 N–H and O–H groups in total. The van der Waals surface area contributed by atoms with E-state index in [0.717, 1.165) is 25.5 Å². The number of nitrogens with one attached hydrogen (secondary N) is 1. The van der Waals surface area contributed by atoms with Gasteiger partial charge in [-0.1, -0.05) is 27.2 Å². The first kappa shape index (κ1) is 9.65. The lowest BCUT2D eigenvalue weighted by Gasteiger charge is -2.35. The highest BCUT2D eigenvalue weighted by molar-refractivity contribution is 5.05. The van der Waals surface area contributed by atoms with Crippen molar-refractivity contribution in [2.45, 2.75) is 39.8 Å². The van der Waals surface area contributed by atoms with Crippen LogP contribution in [0, 0.1) is 5.41 Å². The molecule has 1 aromatic heterocycles. The summed E-state index contributed by atoms with van der Waals surface area (Å²) in [6.45, 7) is 8.68. The Hall–Kier alpha value is -0.900. The Labute approximate surface area is 84.7 Å². The third-order valence-corrected chi connectivity index (χ3v) is 3.44. The lowest BCUT2D eigenvalue weighted by Crippen LogP contribution is -2.39. The molecule has 1 unspecified atom stereocenters. The van der Waals surface area contributed by atoms with Crippen molar-refractivity contribution in [1.82, 2.24) is 20.1 Å². The molecular formula is C10H18N4. The van der Waals surface area contributed by atoms with E-state index in [-0.39, 0.29) is 5.41 Å². The average molecular weight is 194 g/mol. The minimum Gasteiger partial charge on any atom is -0.304 e. The summed E-state index contributed by atoms with van der Waals surface area (Å²) in [6, 6.07) is 0. The second kappa shape index (κ2) is 3.35. The highest BCUT2D eigenvalue weighted by Crippen LogP contribution is 2.37. The van der Waals surface area contributed by atoms with E-state index in [1.165, 1.54) is 0 Å². The molecule has 2 rings (SSSR count). The van der Waals surface area contributed by atoms with E-state index in [4.69, 9.17) is 0 Å². The maximum absolute atomic E-state index is 4.23. The van der Waals surface area contributed by atoms with Gasteiger partial charge in [0.25, 0.3) is 0 Å². The molecule has 78 valence electrons. The minimum absolute atomic E-state index is 0.290. The molecule has 0 saturated carbocycles. The molecule has 1 aromatic rings. The van der Waals surface area contributed by atoms with Crippen LogP contribution in [0.15, 0.2) is 6.33 Å². The predicted octanol–water partition coefficient (Wildman–Crippen LogP) is 1.36. The lowest BCUT2D eigenvalue weighted by molar-refractivity contribution is 0.227. The SMILES string of the molecule is CCC(C)(C)C1CNCn2cnnc21. The van der Waals surface area contributed by atoms with Crippen molar-refractivity contribution in [1.29, 1.82) is 0 Å². The number of nitrogens with zero attached hydrogens (tertiary/aromatic N) is 3. The Morgan fingerprint density at radius 1 is 1.64 bits per heavy atom. The van der Waals surface area contributed by atoms with E-state index in [2.05, 4.69) is 40.9 Å². The van der Waals surface area contributed by atoms with Gasteiger partial charge in [-0.15, -0.1) is 10.2 Å². The maximum Gasteiger partial charge on any atom is 0.138 e. The van der Waals surface area contributed by atoms with Crippen LogP contribution >= 0.6 is 0 Å². The molecule has 2 heterocycles. The van der Waals surface area contributed by atoms with Crippen LogP contribution in [-0.4, -0.2) is 21.3 Å². The molecule has 4 heteroatoms. The van der Waals surface area contributed by atoms with Gasteiger partial charge < -0.3 is 4.57 Å². The fraction of sp³-hybridized carbons (Fsp3) is 0.800. The summed E-state index contributed by atoms with van der Waals surface area (Å²) in [5.74, 6) is 1.61.